The fourth-order valence-corrected chi connectivity index (χ4v) is 4.05. The van der Waals surface area contributed by atoms with Crippen LogP contribution < -0.4 is 10.1 Å². The highest BCUT2D eigenvalue weighted by atomic mass is 16.6. The number of likely N-dealkylation sites (tertiary alicyclic amines) is 1. The first-order valence-corrected chi connectivity index (χ1v) is 10.2. The van der Waals surface area contributed by atoms with Gasteiger partial charge in [0.25, 0.3) is 0 Å². The summed E-state index contributed by atoms with van der Waals surface area (Å²) in [6.45, 7) is 5.83. The Bertz CT molecular complexity index is 866. The Balaban J connectivity index is 1.71. The third-order valence-electron chi connectivity index (χ3n) is 5.75. The summed E-state index contributed by atoms with van der Waals surface area (Å²) >= 11 is 0. The molecule has 2 aromatic rings. The number of anilines is 1. The van der Waals surface area contributed by atoms with Gasteiger partial charge in [-0.25, -0.2) is 9.78 Å². The van der Waals surface area contributed by atoms with Crippen molar-refractivity contribution in [2.75, 3.05) is 25.5 Å². The van der Waals surface area contributed by atoms with Gasteiger partial charge in [0.15, 0.2) is 5.78 Å². The van der Waals surface area contributed by atoms with Crippen molar-refractivity contribution in [3.8, 4) is 5.75 Å². The number of pyridine rings is 1. The molecule has 1 N–H and O–H groups in total. The second-order valence-electron chi connectivity index (χ2n) is 7.86. The van der Waals surface area contributed by atoms with Crippen LogP contribution in [-0.4, -0.2) is 41.9 Å². The van der Waals surface area contributed by atoms with Gasteiger partial charge >= 0.3 is 6.09 Å². The number of nitrogens with one attached hydrogen (secondary N) is 1. The molecule has 2 heterocycles. The molecule has 29 heavy (non-hydrogen) atoms. The average molecular weight is 396 g/mol. The predicted molar refractivity (Wildman–Crippen MR) is 114 cm³/mol. The number of Topliss-reactive ketones (excluding diaryl/α,β-unsaturated/α-hetero) is 1. The summed E-state index contributed by atoms with van der Waals surface area (Å²) in [6.07, 6.45) is 5.42. The maximum absolute atomic E-state index is 12.3. The number of rotatable bonds is 5. The van der Waals surface area contributed by atoms with Crippen molar-refractivity contribution in [3.63, 3.8) is 0 Å². The van der Waals surface area contributed by atoms with Gasteiger partial charge in [-0.3, -0.25) is 10.1 Å². The first-order chi connectivity index (χ1) is 13.9. The Morgan fingerprint density at radius 3 is 2.76 bits per heavy atom. The second kappa shape index (κ2) is 9.18. The lowest BCUT2D eigenvalue weighted by atomic mass is 9.74. The molecule has 0 unspecified atom stereocenters. The molecule has 6 heteroatoms. The van der Waals surface area contributed by atoms with Crippen LogP contribution in [0, 0.1) is 0 Å². The number of ketones is 1. The topological polar surface area (TPSA) is 71.5 Å². The average Bonchev–Trinajstić information content (AvgIpc) is 2.90. The van der Waals surface area contributed by atoms with E-state index in [-0.39, 0.29) is 11.2 Å². The molecule has 1 atom stereocenters. The number of amides is 1. The van der Waals surface area contributed by atoms with Gasteiger partial charge in [0.2, 0.25) is 0 Å². The van der Waals surface area contributed by atoms with Gasteiger partial charge < -0.3 is 9.64 Å². The van der Waals surface area contributed by atoms with Crippen molar-refractivity contribution in [1.29, 1.82) is 0 Å². The summed E-state index contributed by atoms with van der Waals surface area (Å²) in [7, 11) is 2.17. The van der Waals surface area contributed by atoms with Crippen molar-refractivity contribution >= 4 is 17.7 Å². The van der Waals surface area contributed by atoms with Gasteiger partial charge in [-0.05, 0) is 69.6 Å². The van der Waals surface area contributed by atoms with Crippen molar-refractivity contribution in [2.24, 2.45) is 0 Å². The van der Waals surface area contributed by atoms with Crippen LogP contribution >= 0.6 is 0 Å². The maximum atomic E-state index is 12.3. The third-order valence-corrected chi connectivity index (χ3v) is 5.75. The highest BCUT2D eigenvalue weighted by Gasteiger charge is 2.33. The zero-order chi connectivity index (χ0) is 20.9. The predicted octanol–water partition coefficient (Wildman–Crippen LogP) is 4.66. The van der Waals surface area contributed by atoms with E-state index in [9.17, 15) is 9.59 Å². The zero-order valence-electron chi connectivity index (χ0n) is 17.4. The van der Waals surface area contributed by atoms with E-state index in [1.807, 2.05) is 12.1 Å². The number of benzene rings is 1. The maximum Gasteiger partial charge on any atom is 0.418 e. The highest BCUT2D eigenvalue weighted by Crippen LogP contribution is 2.37. The molecule has 1 saturated heterocycles. The van der Waals surface area contributed by atoms with E-state index in [1.54, 1.807) is 18.2 Å². The molecule has 1 aliphatic rings. The molecule has 0 radical (unpaired) electrons. The van der Waals surface area contributed by atoms with Crippen LogP contribution in [0.4, 0.5) is 10.6 Å². The minimum Gasteiger partial charge on any atom is -0.410 e. The van der Waals surface area contributed by atoms with Crippen LogP contribution in [0.3, 0.4) is 0 Å². The van der Waals surface area contributed by atoms with Gasteiger partial charge in [-0.2, -0.15) is 0 Å². The summed E-state index contributed by atoms with van der Waals surface area (Å²) in [5, 5.41) is 2.60. The first kappa shape index (κ1) is 21.0. The van der Waals surface area contributed by atoms with E-state index in [1.165, 1.54) is 31.5 Å². The standard InChI is InChI=1S/C23H29N3O3/c1-4-23(12-5-6-13-26(3)16-23)19-8-7-9-20(14-19)29-22(28)25-21-11-10-18(15-24-21)17(2)27/h7-11,14-15H,4-6,12-13,16H2,1-3H3,(H,24,25,28)/t23-/m1/s1. The molecule has 1 aromatic heterocycles. The summed E-state index contributed by atoms with van der Waals surface area (Å²) in [6, 6.07) is 11.1. The van der Waals surface area contributed by atoms with E-state index in [0.29, 0.717) is 17.1 Å². The van der Waals surface area contributed by atoms with E-state index < -0.39 is 6.09 Å². The lowest BCUT2D eigenvalue weighted by molar-refractivity contribution is 0.101. The molecule has 0 bridgehead atoms. The lowest BCUT2D eigenvalue weighted by Gasteiger charge is -2.35. The summed E-state index contributed by atoms with van der Waals surface area (Å²) in [5.41, 5.74) is 1.78. The van der Waals surface area contributed by atoms with Gasteiger partial charge in [0.1, 0.15) is 11.6 Å². The van der Waals surface area contributed by atoms with Gasteiger partial charge in [0, 0.05) is 23.7 Å². The second-order valence-corrected chi connectivity index (χ2v) is 7.86. The number of hydrogen-bond donors (Lipinski definition) is 1. The Kier molecular flexibility index (Phi) is 6.64. The van der Waals surface area contributed by atoms with Crippen LogP contribution in [0.1, 0.15) is 55.5 Å². The molecule has 0 spiro atoms. The van der Waals surface area contributed by atoms with Crippen LogP contribution in [0.2, 0.25) is 0 Å². The summed E-state index contributed by atoms with van der Waals surface area (Å²) in [4.78, 5) is 30.1. The number of aromatic nitrogens is 1. The molecule has 1 fully saturated rings. The Labute approximate surface area is 172 Å². The SMILES string of the molecule is CC[C@@]1(c2cccc(OC(=O)Nc3ccc(C(C)=O)cn3)c2)CCCCN(C)C1. The largest absolute Gasteiger partial charge is 0.418 e. The fourth-order valence-electron chi connectivity index (χ4n) is 4.05. The number of ether oxygens (including phenoxy) is 1. The quantitative estimate of drug-likeness (QED) is 0.746. The van der Waals surface area contributed by atoms with Gasteiger partial charge in [-0.1, -0.05) is 25.5 Å². The summed E-state index contributed by atoms with van der Waals surface area (Å²) < 4.78 is 5.50. The molecule has 154 valence electrons. The van der Waals surface area contributed by atoms with Crippen LogP contribution in [0.15, 0.2) is 42.6 Å². The normalized spacial score (nSPS) is 20.0. The highest BCUT2D eigenvalue weighted by molar-refractivity contribution is 5.94. The van der Waals surface area contributed by atoms with E-state index in [4.69, 9.17) is 4.74 Å². The Morgan fingerprint density at radius 1 is 1.24 bits per heavy atom. The first-order valence-electron chi connectivity index (χ1n) is 10.2. The molecular weight excluding hydrogens is 366 g/mol. The van der Waals surface area contributed by atoms with E-state index >= 15 is 0 Å². The van der Waals surface area contributed by atoms with Crippen molar-refractivity contribution in [3.05, 3.63) is 53.7 Å². The molecular formula is C23H29N3O3. The Morgan fingerprint density at radius 2 is 2.07 bits per heavy atom. The third kappa shape index (κ3) is 5.21. The van der Waals surface area contributed by atoms with Crippen molar-refractivity contribution < 1.29 is 14.3 Å². The van der Waals surface area contributed by atoms with Crippen molar-refractivity contribution in [2.45, 2.75) is 44.9 Å². The number of nitrogens with zero attached hydrogens (tertiary/aromatic N) is 2. The van der Waals surface area contributed by atoms with E-state index in [0.717, 1.165) is 25.9 Å². The Hall–Kier alpha value is -2.73. The van der Waals surface area contributed by atoms with Gasteiger partial charge in [0.05, 0.1) is 0 Å². The number of hydrogen-bond acceptors (Lipinski definition) is 5. The number of likely N-dealkylation sites (N-methyl/N-ethyl adjacent to an activating group) is 1. The molecule has 1 aliphatic heterocycles. The van der Waals surface area contributed by atoms with Crippen molar-refractivity contribution in [1.82, 2.24) is 9.88 Å². The number of carbonyl (C=O) groups excluding carboxylic acids is 2. The molecule has 1 amide bonds. The zero-order valence-corrected chi connectivity index (χ0v) is 17.4. The van der Waals surface area contributed by atoms with Crippen LogP contribution in [0.5, 0.6) is 5.75 Å². The lowest BCUT2D eigenvalue weighted by Crippen LogP contribution is -2.37. The molecule has 0 saturated carbocycles. The molecule has 0 aliphatic carbocycles. The molecule has 1 aromatic carbocycles. The molecule has 6 nitrogen and oxygen atoms in total. The molecule has 3 rings (SSSR count). The number of carbonyl (C=O) groups is 2. The van der Waals surface area contributed by atoms with Crippen LogP contribution in [-0.2, 0) is 5.41 Å². The monoisotopic (exact) mass is 395 g/mol. The van der Waals surface area contributed by atoms with Crippen LogP contribution in [0.25, 0.3) is 0 Å². The minimum atomic E-state index is -0.603. The summed E-state index contributed by atoms with van der Waals surface area (Å²) in [5.74, 6) is 0.782. The smallest absolute Gasteiger partial charge is 0.410 e. The van der Waals surface area contributed by atoms with Gasteiger partial charge in [-0.15, -0.1) is 0 Å². The fraction of sp³-hybridized carbons (Fsp3) is 0.435. The van der Waals surface area contributed by atoms with E-state index in [2.05, 4.69) is 35.2 Å². The minimum absolute atomic E-state index is 0.0718.